The van der Waals surface area contributed by atoms with Gasteiger partial charge in [-0.3, -0.25) is 4.79 Å². The highest BCUT2D eigenvalue weighted by Crippen LogP contribution is 2.25. The third-order valence-corrected chi connectivity index (χ3v) is 4.90. The van der Waals surface area contributed by atoms with Crippen LogP contribution in [0.1, 0.15) is 42.5 Å². The van der Waals surface area contributed by atoms with Crippen molar-refractivity contribution in [1.82, 2.24) is 4.98 Å². The Bertz CT molecular complexity index is 713. The molecule has 1 aliphatic rings. The third-order valence-electron chi connectivity index (χ3n) is 4.16. The predicted octanol–water partition coefficient (Wildman–Crippen LogP) is 5.39. The molecule has 1 fully saturated rings. The van der Waals surface area contributed by atoms with E-state index in [1.165, 1.54) is 32.1 Å². The minimum atomic E-state index is -0.231. The van der Waals surface area contributed by atoms with Crippen LogP contribution in [0.3, 0.4) is 0 Å². The number of nitrogens with zero attached hydrogens (tertiary/aromatic N) is 1. The van der Waals surface area contributed by atoms with Crippen molar-refractivity contribution < 1.29 is 4.79 Å². The molecule has 4 nitrogen and oxygen atoms in total. The van der Waals surface area contributed by atoms with Gasteiger partial charge in [-0.15, -0.1) is 0 Å². The van der Waals surface area contributed by atoms with E-state index in [-0.39, 0.29) is 5.91 Å². The van der Waals surface area contributed by atoms with Crippen molar-refractivity contribution in [3.8, 4) is 0 Å². The first kappa shape index (κ1) is 17.1. The first-order valence-corrected chi connectivity index (χ1v) is 8.86. The SMILES string of the molecule is O=C(Nc1ccc(Cl)c(Cl)c1)c1ccc(NC2CCCCC2)nc1. The first-order chi connectivity index (χ1) is 11.6. The lowest BCUT2D eigenvalue weighted by atomic mass is 9.95. The van der Waals surface area contributed by atoms with Crippen molar-refractivity contribution in [1.29, 1.82) is 0 Å². The van der Waals surface area contributed by atoms with Crippen LogP contribution in [0.5, 0.6) is 0 Å². The quantitative estimate of drug-likeness (QED) is 0.765. The Labute approximate surface area is 151 Å². The summed E-state index contributed by atoms with van der Waals surface area (Å²) in [5, 5.41) is 7.08. The minimum absolute atomic E-state index is 0.231. The van der Waals surface area contributed by atoms with Gasteiger partial charge in [0.1, 0.15) is 5.82 Å². The minimum Gasteiger partial charge on any atom is -0.367 e. The number of carbonyl (C=O) groups is 1. The van der Waals surface area contributed by atoms with E-state index in [9.17, 15) is 4.79 Å². The molecule has 1 aromatic heterocycles. The van der Waals surface area contributed by atoms with Crippen molar-refractivity contribution in [3.05, 3.63) is 52.1 Å². The van der Waals surface area contributed by atoms with Gasteiger partial charge in [-0.2, -0.15) is 0 Å². The van der Waals surface area contributed by atoms with Crippen molar-refractivity contribution in [3.63, 3.8) is 0 Å². The summed E-state index contributed by atoms with van der Waals surface area (Å²) in [4.78, 5) is 16.6. The largest absolute Gasteiger partial charge is 0.367 e. The molecule has 1 aliphatic carbocycles. The maximum Gasteiger partial charge on any atom is 0.257 e. The molecule has 24 heavy (non-hydrogen) atoms. The van der Waals surface area contributed by atoms with Gasteiger partial charge in [0.05, 0.1) is 15.6 Å². The van der Waals surface area contributed by atoms with Gasteiger partial charge >= 0.3 is 0 Å². The molecule has 2 N–H and O–H groups in total. The van der Waals surface area contributed by atoms with E-state index >= 15 is 0 Å². The standard InChI is InChI=1S/C18H19Cl2N3O/c19-15-8-7-14(10-16(15)20)23-18(24)12-6-9-17(21-11-12)22-13-4-2-1-3-5-13/h6-11,13H,1-5H2,(H,21,22)(H,23,24). The Morgan fingerprint density at radius 3 is 2.50 bits per heavy atom. The Hall–Kier alpha value is -1.78. The molecule has 2 aromatic rings. The van der Waals surface area contributed by atoms with Crippen LogP contribution in [0.25, 0.3) is 0 Å². The topological polar surface area (TPSA) is 54.0 Å². The second kappa shape index (κ2) is 7.86. The summed E-state index contributed by atoms with van der Waals surface area (Å²) >= 11 is 11.8. The van der Waals surface area contributed by atoms with Crippen molar-refractivity contribution in [2.75, 3.05) is 10.6 Å². The molecule has 0 saturated heterocycles. The Kier molecular flexibility index (Phi) is 5.59. The van der Waals surface area contributed by atoms with Crippen LogP contribution in [0.4, 0.5) is 11.5 Å². The number of rotatable bonds is 4. The average molecular weight is 364 g/mol. The van der Waals surface area contributed by atoms with Gasteiger partial charge in [0.2, 0.25) is 0 Å². The summed E-state index contributed by atoms with van der Waals surface area (Å²) in [5.74, 6) is 0.582. The molecule has 1 saturated carbocycles. The Morgan fingerprint density at radius 2 is 1.83 bits per heavy atom. The lowest BCUT2D eigenvalue weighted by Crippen LogP contribution is -2.22. The number of benzene rings is 1. The number of amides is 1. The molecule has 3 rings (SSSR count). The van der Waals surface area contributed by atoms with Crippen molar-refractivity contribution >= 4 is 40.6 Å². The lowest BCUT2D eigenvalue weighted by Gasteiger charge is -2.23. The lowest BCUT2D eigenvalue weighted by molar-refractivity contribution is 0.102. The van der Waals surface area contributed by atoms with Gasteiger partial charge in [0.25, 0.3) is 5.91 Å². The molecule has 1 aromatic carbocycles. The molecular formula is C18H19Cl2N3O. The fraction of sp³-hybridized carbons (Fsp3) is 0.333. The zero-order valence-electron chi connectivity index (χ0n) is 13.2. The fourth-order valence-corrected chi connectivity index (χ4v) is 3.14. The summed E-state index contributed by atoms with van der Waals surface area (Å²) < 4.78 is 0. The summed E-state index contributed by atoms with van der Waals surface area (Å²) in [7, 11) is 0. The number of anilines is 2. The van der Waals surface area contributed by atoms with Crippen molar-refractivity contribution in [2.45, 2.75) is 38.1 Å². The van der Waals surface area contributed by atoms with E-state index in [2.05, 4.69) is 15.6 Å². The normalized spacial score (nSPS) is 15.1. The van der Waals surface area contributed by atoms with Crippen LogP contribution in [0.15, 0.2) is 36.5 Å². The first-order valence-electron chi connectivity index (χ1n) is 8.11. The zero-order chi connectivity index (χ0) is 16.9. The summed E-state index contributed by atoms with van der Waals surface area (Å²) in [6, 6.07) is 9.08. The molecule has 1 heterocycles. The highest BCUT2D eigenvalue weighted by atomic mass is 35.5. The van der Waals surface area contributed by atoms with E-state index in [0.29, 0.717) is 27.3 Å². The molecule has 6 heteroatoms. The highest BCUT2D eigenvalue weighted by molar-refractivity contribution is 6.42. The fourth-order valence-electron chi connectivity index (χ4n) is 2.85. The van der Waals surface area contributed by atoms with Gasteiger partial charge in [0.15, 0.2) is 0 Å². The van der Waals surface area contributed by atoms with E-state index in [4.69, 9.17) is 23.2 Å². The van der Waals surface area contributed by atoms with Crippen LogP contribution in [-0.2, 0) is 0 Å². The molecule has 0 atom stereocenters. The Balaban J connectivity index is 1.61. The van der Waals surface area contributed by atoms with Crippen LogP contribution < -0.4 is 10.6 Å². The van der Waals surface area contributed by atoms with Gasteiger partial charge in [-0.05, 0) is 43.2 Å². The van der Waals surface area contributed by atoms with Crippen LogP contribution in [0.2, 0.25) is 10.0 Å². The number of hydrogen-bond donors (Lipinski definition) is 2. The van der Waals surface area contributed by atoms with E-state index < -0.39 is 0 Å². The number of halogens is 2. The summed E-state index contributed by atoms with van der Waals surface area (Å²) in [6.45, 7) is 0. The highest BCUT2D eigenvalue weighted by Gasteiger charge is 2.14. The van der Waals surface area contributed by atoms with Gasteiger partial charge in [-0.1, -0.05) is 42.5 Å². The number of pyridine rings is 1. The Morgan fingerprint density at radius 1 is 1.04 bits per heavy atom. The predicted molar refractivity (Wildman–Crippen MR) is 99.1 cm³/mol. The second-order valence-electron chi connectivity index (χ2n) is 5.99. The van der Waals surface area contributed by atoms with E-state index in [1.54, 1.807) is 30.5 Å². The molecule has 0 radical (unpaired) electrons. The number of nitrogens with one attached hydrogen (secondary N) is 2. The van der Waals surface area contributed by atoms with Crippen molar-refractivity contribution in [2.24, 2.45) is 0 Å². The molecule has 0 spiro atoms. The summed E-state index contributed by atoms with van der Waals surface area (Å²) in [6.07, 6.45) is 7.80. The number of aromatic nitrogens is 1. The van der Waals surface area contributed by atoms with Gasteiger partial charge in [-0.25, -0.2) is 4.98 Å². The average Bonchev–Trinajstić information content (AvgIpc) is 2.60. The van der Waals surface area contributed by atoms with E-state index in [1.807, 2.05) is 6.07 Å². The van der Waals surface area contributed by atoms with Gasteiger partial charge < -0.3 is 10.6 Å². The number of hydrogen-bond acceptors (Lipinski definition) is 3. The zero-order valence-corrected chi connectivity index (χ0v) is 14.7. The molecule has 1 amide bonds. The van der Waals surface area contributed by atoms with Crippen LogP contribution in [-0.4, -0.2) is 16.9 Å². The smallest absolute Gasteiger partial charge is 0.257 e. The maximum absolute atomic E-state index is 12.3. The van der Waals surface area contributed by atoms with Crippen LogP contribution in [0, 0.1) is 0 Å². The van der Waals surface area contributed by atoms with Crippen LogP contribution >= 0.6 is 23.2 Å². The summed E-state index contributed by atoms with van der Waals surface area (Å²) in [5.41, 5.74) is 1.09. The third kappa shape index (κ3) is 4.40. The molecule has 0 aliphatic heterocycles. The molecule has 0 bridgehead atoms. The maximum atomic E-state index is 12.3. The molecular weight excluding hydrogens is 345 g/mol. The monoisotopic (exact) mass is 363 g/mol. The van der Waals surface area contributed by atoms with Gasteiger partial charge in [0, 0.05) is 17.9 Å². The van der Waals surface area contributed by atoms with E-state index in [0.717, 1.165) is 5.82 Å². The second-order valence-corrected chi connectivity index (χ2v) is 6.81. The molecule has 0 unspecified atom stereocenters. The molecule has 126 valence electrons. The number of carbonyl (C=O) groups excluding carboxylic acids is 1.